The first-order valence-corrected chi connectivity index (χ1v) is 5.57. The smallest absolute Gasteiger partial charge is 0.163 e. The van der Waals surface area contributed by atoms with E-state index in [0.29, 0.717) is 0 Å². The molecule has 0 atom stereocenters. The quantitative estimate of drug-likeness (QED) is 0.735. The zero-order chi connectivity index (χ0) is 10.1. The minimum absolute atomic E-state index is 0.137. The van der Waals surface area contributed by atoms with E-state index in [9.17, 15) is 17.2 Å². The van der Waals surface area contributed by atoms with Crippen LogP contribution in [0.3, 0.4) is 0 Å². The Morgan fingerprint density at radius 1 is 1.31 bits per heavy atom. The normalized spacial score (nSPS) is 11.6. The summed E-state index contributed by atoms with van der Waals surface area (Å²) in [7, 11) is -3.32. The summed E-state index contributed by atoms with van der Waals surface area (Å²) in [6.45, 7) is 0. The molecule has 0 fully saturated rings. The average Bonchev–Trinajstić information content (AvgIpc) is 1.96. The largest absolute Gasteiger partial charge is 0.229 e. The van der Waals surface area contributed by atoms with Crippen molar-refractivity contribution in [2.75, 3.05) is 6.26 Å². The number of benzene rings is 1. The Morgan fingerprint density at radius 3 is 2.46 bits per heavy atom. The van der Waals surface area contributed by atoms with Gasteiger partial charge in [-0.05, 0) is 6.07 Å². The summed E-state index contributed by atoms with van der Waals surface area (Å²) >= 11 is 0. The highest BCUT2D eigenvalue weighted by atomic mass is 32.2. The van der Waals surface area contributed by atoms with E-state index in [-0.39, 0.29) is 5.56 Å². The predicted molar refractivity (Wildman–Crippen MR) is 44.9 cm³/mol. The molecule has 0 aliphatic rings. The fourth-order valence-corrected chi connectivity index (χ4v) is 1.73. The molecular formula is C8H8F2O2S. The monoisotopic (exact) mass is 206 g/mol. The van der Waals surface area contributed by atoms with Crippen LogP contribution in [0.1, 0.15) is 5.56 Å². The Bertz CT molecular complexity index is 412. The molecule has 0 aliphatic carbocycles. The van der Waals surface area contributed by atoms with Crippen LogP contribution in [-0.4, -0.2) is 14.7 Å². The van der Waals surface area contributed by atoms with Gasteiger partial charge in [-0.15, -0.1) is 0 Å². The maximum absolute atomic E-state index is 12.9. The van der Waals surface area contributed by atoms with Gasteiger partial charge >= 0.3 is 0 Å². The molecule has 1 aromatic rings. The molecule has 2 nitrogen and oxygen atoms in total. The third kappa shape index (κ3) is 2.77. The van der Waals surface area contributed by atoms with E-state index in [1.807, 2.05) is 0 Å². The van der Waals surface area contributed by atoms with Crippen molar-refractivity contribution in [3.8, 4) is 0 Å². The first-order valence-electron chi connectivity index (χ1n) is 3.51. The molecule has 0 amide bonds. The van der Waals surface area contributed by atoms with E-state index < -0.39 is 27.2 Å². The van der Waals surface area contributed by atoms with Crippen LogP contribution in [0.25, 0.3) is 0 Å². The molecule has 0 bridgehead atoms. The van der Waals surface area contributed by atoms with Crippen LogP contribution in [0.15, 0.2) is 18.2 Å². The van der Waals surface area contributed by atoms with Crippen molar-refractivity contribution < 1.29 is 17.2 Å². The molecule has 72 valence electrons. The lowest BCUT2D eigenvalue weighted by atomic mass is 10.2. The molecule has 1 rings (SSSR count). The average molecular weight is 206 g/mol. The lowest BCUT2D eigenvalue weighted by Crippen LogP contribution is -2.03. The third-order valence-corrected chi connectivity index (χ3v) is 2.28. The van der Waals surface area contributed by atoms with Crippen molar-refractivity contribution >= 4 is 9.84 Å². The molecule has 0 saturated carbocycles. The molecule has 0 aliphatic heterocycles. The number of hydrogen-bond acceptors (Lipinski definition) is 2. The Morgan fingerprint density at radius 2 is 1.92 bits per heavy atom. The van der Waals surface area contributed by atoms with Crippen LogP contribution in [0, 0.1) is 11.6 Å². The first-order chi connectivity index (χ1) is 5.90. The standard InChI is InChI=1S/C8H8F2O2S/c1-13(11,12)5-6-3-2-4-7(9)8(6)10/h2-4H,5H2,1H3. The fourth-order valence-electron chi connectivity index (χ4n) is 0.942. The molecular weight excluding hydrogens is 198 g/mol. The molecule has 0 heterocycles. The number of rotatable bonds is 2. The molecule has 0 saturated heterocycles. The molecule has 0 aromatic heterocycles. The molecule has 0 radical (unpaired) electrons. The van der Waals surface area contributed by atoms with Crippen molar-refractivity contribution in [2.24, 2.45) is 0 Å². The second-order valence-electron chi connectivity index (χ2n) is 2.78. The number of sulfone groups is 1. The van der Waals surface area contributed by atoms with Crippen molar-refractivity contribution in [2.45, 2.75) is 5.75 Å². The van der Waals surface area contributed by atoms with Gasteiger partial charge in [0.15, 0.2) is 21.5 Å². The Hall–Kier alpha value is -0.970. The van der Waals surface area contributed by atoms with Gasteiger partial charge in [0.2, 0.25) is 0 Å². The van der Waals surface area contributed by atoms with E-state index in [4.69, 9.17) is 0 Å². The van der Waals surface area contributed by atoms with Crippen LogP contribution in [-0.2, 0) is 15.6 Å². The van der Waals surface area contributed by atoms with Crippen LogP contribution < -0.4 is 0 Å². The topological polar surface area (TPSA) is 34.1 Å². The van der Waals surface area contributed by atoms with Crippen molar-refractivity contribution in [3.63, 3.8) is 0 Å². The molecule has 5 heteroatoms. The van der Waals surface area contributed by atoms with E-state index in [2.05, 4.69) is 0 Å². The summed E-state index contributed by atoms with van der Waals surface area (Å²) in [4.78, 5) is 0. The van der Waals surface area contributed by atoms with Gasteiger partial charge in [0.1, 0.15) is 0 Å². The van der Waals surface area contributed by atoms with Gasteiger partial charge < -0.3 is 0 Å². The van der Waals surface area contributed by atoms with Crippen LogP contribution in [0.5, 0.6) is 0 Å². The van der Waals surface area contributed by atoms with E-state index in [0.717, 1.165) is 12.3 Å². The summed E-state index contributed by atoms with van der Waals surface area (Å²) in [6.07, 6.45) is 0.970. The highest BCUT2D eigenvalue weighted by molar-refractivity contribution is 7.89. The number of hydrogen-bond donors (Lipinski definition) is 0. The second-order valence-corrected chi connectivity index (χ2v) is 4.92. The number of halogens is 2. The Balaban J connectivity index is 3.10. The highest BCUT2D eigenvalue weighted by Crippen LogP contribution is 2.13. The van der Waals surface area contributed by atoms with Gasteiger partial charge in [-0.3, -0.25) is 0 Å². The third-order valence-electron chi connectivity index (χ3n) is 1.45. The van der Waals surface area contributed by atoms with Crippen LogP contribution >= 0.6 is 0 Å². The maximum Gasteiger partial charge on any atom is 0.163 e. The van der Waals surface area contributed by atoms with E-state index >= 15 is 0 Å². The first kappa shape index (κ1) is 10.1. The minimum atomic E-state index is -3.32. The van der Waals surface area contributed by atoms with Gasteiger partial charge in [0.05, 0.1) is 5.75 Å². The van der Waals surface area contributed by atoms with Gasteiger partial charge in [0.25, 0.3) is 0 Å². The maximum atomic E-state index is 12.9. The summed E-state index contributed by atoms with van der Waals surface area (Å²) in [5.41, 5.74) is -0.137. The summed E-state index contributed by atoms with van der Waals surface area (Å²) in [6, 6.07) is 3.47. The van der Waals surface area contributed by atoms with Crippen molar-refractivity contribution in [3.05, 3.63) is 35.4 Å². The lowest BCUT2D eigenvalue weighted by molar-refractivity contribution is 0.501. The second kappa shape index (κ2) is 3.41. The van der Waals surface area contributed by atoms with Crippen LogP contribution in [0.2, 0.25) is 0 Å². The zero-order valence-electron chi connectivity index (χ0n) is 6.92. The van der Waals surface area contributed by atoms with E-state index in [1.165, 1.54) is 12.1 Å². The SMILES string of the molecule is CS(=O)(=O)Cc1cccc(F)c1F. The Kier molecular flexibility index (Phi) is 2.66. The van der Waals surface area contributed by atoms with Gasteiger partial charge in [-0.25, -0.2) is 17.2 Å². The van der Waals surface area contributed by atoms with E-state index in [1.54, 1.807) is 0 Å². The van der Waals surface area contributed by atoms with Crippen molar-refractivity contribution in [1.82, 2.24) is 0 Å². The fraction of sp³-hybridized carbons (Fsp3) is 0.250. The molecule has 0 unspecified atom stereocenters. The zero-order valence-corrected chi connectivity index (χ0v) is 7.74. The Labute approximate surface area is 75.1 Å². The summed E-state index contributed by atoms with van der Waals surface area (Å²) < 4.78 is 47.0. The van der Waals surface area contributed by atoms with Gasteiger partial charge in [0, 0.05) is 11.8 Å². The van der Waals surface area contributed by atoms with Gasteiger partial charge in [-0.2, -0.15) is 0 Å². The van der Waals surface area contributed by atoms with Crippen LogP contribution in [0.4, 0.5) is 8.78 Å². The highest BCUT2D eigenvalue weighted by Gasteiger charge is 2.12. The molecule has 0 spiro atoms. The molecule has 13 heavy (non-hydrogen) atoms. The predicted octanol–water partition coefficient (Wildman–Crippen LogP) is 1.51. The summed E-state index contributed by atoms with van der Waals surface area (Å²) in [5, 5.41) is 0. The lowest BCUT2D eigenvalue weighted by Gasteiger charge is -2.01. The minimum Gasteiger partial charge on any atom is -0.229 e. The van der Waals surface area contributed by atoms with Crippen molar-refractivity contribution in [1.29, 1.82) is 0 Å². The molecule has 1 aromatic carbocycles. The summed E-state index contributed by atoms with van der Waals surface area (Å²) in [5.74, 6) is -2.59. The molecule has 0 N–H and O–H groups in total. The van der Waals surface area contributed by atoms with Gasteiger partial charge in [-0.1, -0.05) is 12.1 Å².